The number of ether oxygens (including phenoxy) is 2. The zero-order valence-corrected chi connectivity index (χ0v) is 12.9. The monoisotopic (exact) mass is 314 g/mol. The van der Waals surface area contributed by atoms with E-state index in [0.717, 1.165) is 51.4 Å². The molecule has 1 spiro atoms. The van der Waals surface area contributed by atoms with Crippen LogP contribution in [0.2, 0.25) is 0 Å². The molecular weight excluding hydrogens is 292 g/mol. The third-order valence-electron chi connectivity index (χ3n) is 6.49. The summed E-state index contributed by atoms with van der Waals surface area (Å²) in [4.78, 5) is 0. The first-order valence-corrected chi connectivity index (χ1v) is 9.76. The molecule has 2 aliphatic heterocycles. The van der Waals surface area contributed by atoms with Crippen molar-refractivity contribution in [3.05, 3.63) is 0 Å². The van der Waals surface area contributed by atoms with Crippen LogP contribution in [0.4, 0.5) is 0 Å². The van der Waals surface area contributed by atoms with E-state index in [4.69, 9.17) is 13.7 Å². The predicted octanol–water partition coefficient (Wildman–Crippen LogP) is 1.96. The van der Waals surface area contributed by atoms with Crippen molar-refractivity contribution in [2.24, 2.45) is 11.8 Å². The van der Waals surface area contributed by atoms with Crippen molar-refractivity contribution in [2.75, 3.05) is 6.61 Å². The van der Waals surface area contributed by atoms with Crippen LogP contribution in [0.15, 0.2) is 0 Å². The Kier molecular flexibility index (Phi) is 2.54. The van der Waals surface area contributed by atoms with E-state index in [9.17, 15) is 8.42 Å². The minimum atomic E-state index is -3.40. The topological polar surface area (TPSA) is 61.8 Å². The molecule has 3 saturated carbocycles. The molecule has 2 bridgehead atoms. The molecule has 5 rings (SSSR count). The minimum Gasteiger partial charge on any atom is -0.350 e. The molecule has 0 amide bonds. The molecule has 0 N–H and O–H groups in total. The molecule has 5 atom stereocenters. The summed E-state index contributed by atoms with van der Waals surface area (Å²) in [7, 11) is -3.40. The first-order valence-electron chi connectivity index (χ1n) is 8.29. The van der Waals surface area contributed by atoms with Crippen LogP contribution in [0.1, 0.15) is 51.4 Å². The molecule has 5 aliphatic rings. The summed E-state index contributed by atoms with van der Waals surface area (Å²) in [6, 6.07) is 0. The Balaban J connectivity index is 1.50. The van der Waals surface area contributed by atoms with Gasteiger partial charge < -0.3 is 9.47 Å². The molecular formula is C15H22O5S. The van der Waals surface area contributed by atoms with Crippen molar-refractivity contribution in [3.8, 4) is 0 Å². The Hall–Kier alpha value is -0.170. The molecule has 6 heteroatoms. The van der Waals surface area contributed by atoms with Gasteiger partial charge >= 0.3 is 0 Å². The summed E-state index contributed by atoms with van der Waals surface area (Å²) in [6.07, 6.45) is 7.43. The SMILES string of the molecule is O=S1(=O)O[C@@]2(C3CCOC4(CCCC4)O3)CC3CC2C1C3. The largest absolute Gasteiger partial charge is 0.350 e. The zero-order chi connectivity index (χ0) is 14.3. The molecule has 2 heterocycles. The standard InChI is InChI=1S/C15H22O5S/c16-21(17)12-8-10-7-11(12)15(9-10,20-21)13-3-6-18-14(19-13)4-1-2-5-14/h10-13H,1-9H2/t10?,11?,12?,13?,15-/m0/s1. The second kappa shape index (κ2) is 4.02. The van der Waals surface area contributed by atoms with E-state index < -0.39 is 21.5 Å². The van der Waals surface area contributed by atoms with Gasteiger partial charge in [-0.3, -0.25) is 4.18 Å². The molecule has 0 aromatic carbocycles. The Labute approximate surface area is 125 Å². The second-order valence-corrected chi connectivity index (χ2v) is 9.34. The maximum atomic E-state index is 12.3. The lowest BCUT2D eigenvalue weighted by atomic mass is 9.78. The van der Waals surface area contributed by atoms with E-state index in [-0.39, 0.29) is 17.3 Å². The molecule has 5 nitrogen and oxygen atoms in total. The quantitative estimate of drug-likeness (QED) is 0.692. The zero-order valence-electron chi connectivity index (χ0n) is 12.1. The fourth-order valence-electron chi connectivity index (χ4n) is 5.72. The van der Waals surface area contributed by atoms with E-state index in [1.165, 1.54) is 0 Å². The average Bonchev–Trinajstić information content (AvgIpc) is 3.14. The van der Waals surface area contributed by atoms with E-state index in [0.29, 0.717) is 12.5 Å². The van der Waals surface area contributed by atoms with Crippen LogP contribution < -0.4 is 0 Å². The fourth-order valence-corrected chi connectivity index (χ4v) is 7.83. The average molecular weight is 314 g/mol. The number of hydrogen-bond donors (Lipinski definition) is 0. The number of hydrogen-bond acceptors (Lipinski definition) is 5. The van der Waals surface area contributed by atoms with E-state index in [2.05, 4.69) is 0 Å². The highest BCUT2D eigenvalue weighted by atomic mass is 32.2. The van der Waals surface area contributed by atoms with Crippen LogP contribution in [0.3, 0.4) is 0 Å². The molecule has 0 aromatic rings. The van der Waals surface area contributed by atoms with Crippen LogP contribution in [-0.4, -0.2) is 37.8 Å². The Morgan fingerprint density at radius 2 is 1.90 bits per heavy atom. The van der Waals surface area contributed by atoms with Gasteiger partial charge in [-0.2, -0.15) is 8.42 Å². The highest BCUT2D eigenvalue weighted by Gasteiger charge is 2.71. The van der Waals surface area contributed by atoms with Gasteiger partial charge in [0.1, 0.15) is 5.60 Å². The lowest BCUT2D eigenvalue weighted by Crippen LogP contribution is -2.55. The van der Waals surface area contributed by atoms with Crippen molar-refractivity contribution in [1.29, 1.82) is 0 Å². The highest BCUT2D eigenvalue weighted by Crippen LogP contribution is 2.63. The summed E-state index contributed by atoms with van der Waals surface area (Å²) < 4.78 is 42.7. The van der Waals surface area contributed by atoms with Crippen LogP contribution in [-0.2, 0) is 23.8 Å². The molecule has 21 heavy (non-hydrogen) atoms. The van der Waals surface area contributed by atoms with Gasteiger partial charge in [-0.1, -0.05) is 0 Å². The lowest BCUT2D eigenvalue weighted by Gasteiger charge is -2.46. The third kappa shape index (κ3) is 1.65. The Bertz CT molecular complexity index is 567. The fraction of sp³-hybridized carbons (Fsp3) is 1.00. The summed E-state index contributed by atoms with van der Waals surface area (Å²) in [5, 5.41) is -0.276. The molecule has 5 fully saturated rings. The normalized spacial score (nSPS) is 52.8. The van der Waals surface area contributed by atoms with Crippen molar-refractivity contribution >= 4 is 10.1 Å². The Morgan fingerprint density at radius 3 is 2.67 bits per heavy atom. The first-order chi connectivity index (χ1) is 10.0. The van der Waals surface area contributed by atoms with Gasteiger partial charge in [0.25, 0.3) is 10.1 Å². The molecule has 118 valence electrons. The van der Waals surface area contributed by atoms with E-state index in [1.54, 1.807) is 0 Å². The number of fused-ring (bicyclic) bond motifs is 1. The molecule has 3 aliphatic carbocycles. The first kappa shape index (κ1) is 13.3. The predicted molar refractivity (Wildman–Crippen MR) is 74.0 cm³/mol. The smallest absolute Gasteiger partial charge is 0.271 e. The van der Waals surface area contributed by atoms with Gasteiger partial charge in [-0.25, -0.2) is 0 Å². The van der Waals surface area contributed by atoms with Crippen molar-refractivity contribution in [3.63, 3.8) is 0 Å². The maximum Gasteiger partial charge on any atom is 0.271 e. The highest BCUT2D eigenvalue weighted by molar-refractivity contribution is 7.87. The molecule has 4 unspecified atom stereocenters. The van der Waals surface area contributed by atoms with E-state index in [1.807, 2.05) is 0 Å². The summed E-state index contributed by atoms with van der Waals surface area (Å²) >= 11 is 0. The molecule has 2 saturated heterocycles. The van der Waals surface area contributed by atoms with Gasteiger partial charge in [-0.15, -0.1) is 0 Å². The van der Waals surface area contributed by atoms with Crippen molar-refractivity contribution < 1.29 is 22.1 Å². The second-order valence-electron chi connectivity index (χ2n) is 7.58. The number of rotatable bonds is 1. The van der Waals surface area contributed by atoms with Gasteiger partial charge in [0.2, 0.25) is 0 Å². The summed E-state index contributed by atoms with van der Waals surface area (Å²) in [5.41, 5.74) is -0.578. The van der Waals surface area contributed by atoms with Gasteiger partial charge in [0.05, 0.1) is 18.0 Å². The van der Waals surface area contributed by atoms with Gasteiger partial charge in [0.15, 0.2) is 5.79 Å². The summed E-state index contributed by atoms with van der Waals surface area (Å²) in [6.45, 7) is 0.665. The van der Waals surface area contributed by atoms with Crippen LogP contribution in [0, 0.1) is 11.8 Å². The lowest BCUT2D eigenvalue weighted by molar-refractivity contribution is -0.316. The minimum absolute atomic E-state index is 0.112. The van der Waals surface area contributed by atoms with Gasteiger partial charge in [-0.05, 0) is 38.0 Å². The Morgan fingerprint density at radius 1 is 1.10 bits per heavy atom. The van der Waals surface area contributed by atoms with Crippen LogP contribution in [0.5, 0.6) is 0 Å². The van der Waals surface area contributed by atoms with Crippen molar-refractivity contribution in [1.82, 2.24) is 0 Å². The third-order valence-corrected chi connectivity index (χ3v) is 8.30. The summed E-state index contributed by atoms with van der Waals surface area (Å²) in [5.74, 6) is 0.197. The van der Waals surface area contributed by atoms with E-state index >= 15 is 0 Å². The maximum absolute atomic E-state index is 12.3. The molecule has 0 radical (unpaired) electrons. The molecule has 0 aromatic heterocycles. The van der Waals surface area contributed by atoms with Crippen molar-refractivity contribution in [2.45, 2.75) is 74.1 Å². The van der Waals surface area contributed by atoms with Gasteiger partial charge in [0, 0.05) is 25.2 Å². The van der Waals surface area contributed by atoms with Crippen LogP contribution >= 0.6 is 0 Å². The van der Waals surface area contributed by atoms with Crippen LogP contribution in [0.25, 0.3) is 0 Å².